The van der Waals surface area contributed by atoms with Crippen LogP contribution in [0.1, 0.15) is 29.8 Å². The number of imidazole rings is 1. The molecule has 0 saturated carbocycles. The number of aromatic nitrogens is 2. The van der Waals surface area contributed by atoms with Gasteiger partial charge in [0.1, 0.15) is 6.04 Å². The van der Waals surface area contributed by atoms with Gasteiger partial charge in [-0.1, -0.05) is 79.0 Å². The molecule has 4 rings (SSSR count). The van der Waals surface area contributed by atoms with Crippen molar-refractivity contribution in [2.75, 3.05) is 12.3 Å². The minimum atomic E-state index is -0.426. The first-order valence-electron chi connectivity index (χ1n) is 12.1. The van der Waals surface area contributed by atoms with Crippen LogP contribution in [0.4, 0.5) is 0 Å². The summed E-state index contributed by atoms with van der Waals surface area (Å²) in [6.07, 6.45) is 6.98. The number of thioether (sulfide) groups is 1. The van der Waals surface area contributed by atoms with Crippen molar-refractivity contribution in [3.8, 4) is 11.1 Å². The van der Waals surface area contributed by atoms with Crippen LogP contribution in [0.15, 0.2) is 78.5 Å². The maximum atomic E-state index is 13.0. The minimum Gasteiger partial charge on any atom is -0.350 e. The first-order chi connectivity index (χ1) is 17.5. The first kappa shape index (κ1) is 25.5. The van der Waals surface area contributed by atoms with Gasteiger partial charge in [-0.25, -0.2) is 4.98 Å². The number of allylic oxidation sites excluding steroid dienone is 2. The summed E-state index contributed by atoms with van der Waals surface area (Å²) < 4.78 is 1.98. The highest BCUT2D eigenvalue weighted by molar-refractivity contribution is 7.99. The number of carbonyl (C=O) groups excluding carboxylic acids is 2. The molecular weight excluding hydrogens is 468 g/mol. The summed E-state index contributed by atoms with van der Waals surface area (Å²) in [6, 6.07) is 17.9. The number of hydrogen-bond acceptors (Lipinski definition) is 4. The number of rotatable bonds is 9. The third-order valence-corrected chi connectivity index (χ3v) is 7.48. The Bertz CT molecular complexity index is 1270. The third-order valence-electron chi connectivity index (χ3n) is 6.47. The van der Waals surface area contributed by atoms with Gasteiger partial charge in [0.05, 0.1) is 11.4 Å². The Morgan fingerprint density at radius 1 is 1.17 bits per heavy atom. The van der Waals surface area contributed by atoms with E-state index in [1.807, 2.05) is 61.0 Å². The monoisotopic (exact) mass is 500 g/mol. The van der Waals surface area contributed by atoms with Crippen LogP contribution < -0.4 is 5.32 Å². The lowest BCUT2D eigenvalue weighted by molar-refractivity contribution is -0.136. The van der Waals surface area contributed by atoms with Crippen molar-refractivity contribution in [3.63, 3.8) is 0 Å². The second-order valence-corrected chi connectivity index (χ2v) is 9.78. The Kier molecular flexibility index (Phi) is 8.44. The number of amides is 2. The molecule has 1 aliphatic rings. The Balaban J connectivity index is 1.34. The van der Waals surface area contributed by atoms with Crippen molar-refractivity contribution in [1.29, 1.82) is 0 Å². The third kappa shape index (κ3) is 5.97. The molecule has 2 aromatic carbocycles. The number of carbonyl (C=O) groups is 2. The zero-order valence-corrected chi connectivity index (χ0v) is 21.6. The van der Waals surface area contributed by atoms with E-state index in [4.69, 9.17) is 0 Å². The van der Waals surface area contributed by atoms with Crippen LogP contribution in [0.25, 0.3) is 17.2 Å². The van der Waals surface area contributed by atoms with Crippen LogP contribution >= 0.6 is 11.8 Å². The van der Waals surface area contributed by atoms with E-state index in [1.165, 1.54) is 11.8 Å². The van der Waals surface area contributed by atoms with E-state index in [9.17, 15) is 9.59 Å². The Morgan fingerprint density at radius 3 is 2.72 bits per heavy atom. The number of benzene rings is 2. The molecule has 0 unspecified atom stereocenters. The fourth-order valence-corrected chi connectivity index (χ4v) is 5.28. The molecule has 1 atom stereocenters. The molecule has 6 nitrogen and oxygen atoms in total. The molecule has 1 N–H and O–H groups in total. The average molecular weight is 501 g/mol. The lowest BCUT2D eigenvalue weighted by Gasteiger charge is -2.24. The highest BCUT2D eigenvalue weighted by Gasteiger charge is 2.34. The van der Waals surface area contributed by atoms with Crippen molar-refractivity contribution in [3.05, 3.63) is 90.3 Å². The van der Waals surface area contributed by atoms with Crippen molar-refractivity contribution in [2.45, 2.75) is 37.5 Å². The number of nitrogens with one attached hydrogen (secondary N) is 1. The Morgan fingerprint density at radius 2 is 1.94 bits per heavy atom. The summed E-state index contributed by atoms with van der Waals surface area (Å²) in [5, 5.41) is 3.83. The number of nitrogens with zero attached hydrogens (tertiary/aromatic N) is 3. The van der Waals surface area contributed by atoms with Crippen molar-refractivity contribution >= 4 is 29.7 Å². The standard InChI is InChI=1S/C29H32N4O2S/c1-4-5-15-25-21(2)32(3)29(31-25)36-20-27(34)33-17-10-16-26(33)28(35)30-19-22-11-9-14-24(18-22)23-12-7-6-8-13-23/h4-9,11-15,18,26H,1,10,16-17,19-20H2,2-3H3,(H,30,35)/b15-5-/t26-/m0/s1. The van der Waals surface area contributed by atoms with Crippen LogP contribution in [-0.4, -0.2) is 44.6 Å². The normalized spacial score (nSPS) is 15.4. The van der Waals surface area contributed by atoms with Gasteiger partial charge in [-0.15, -0.1) is 0 Å². The SMILES string of the molecule is C=C/C=C\c1nc(SCC(=O)N2CCC[C@H]2C(=O)NCc2cccc(-c3ccccc3)c2)n(C)c1C. The van der Waals surface area contributed by atoms with Crippen LogP contribution in [0.2, 0.25) is 0 Å². The number of hydrogen-bond donors (Lipinski definition) is 1. The van der Waals surface area contributed by atoms with E-state index in [2.05, 4.69) is 41.1 Å². The van der Waals surface area contributed by atoms with Gasteiger partial charge in [0.25, 0.3) is 0 Å². The topological polar surface area (TPSA) is 67.2 Å². The summed E-state index contributed by atoms with van der Waals surface area (Å²) in [7, 11) is 1.94. The molecule has 186 valence electrons. The van der Waals surface area contributed by atoms with Crippen molar-refractivity contribution < 1.29 is 9.59 Å². The second kappa shape index (κ2) is 11.9. The summed E-state index contributed by atoms with van der Waals surface area (Å²) >= 11 is 1.40. The van der Waals surface area contributed by atoms with Crippen LogP contribution in [0, 0.1) is 6.92 Å². The van der Waals surface area contributed by atoms with E-state index in [0.717, 1.165) is 39.7 Å². The molecule has 2 amide bonds. The average Bonchev–Trinajstić information content (AvgIpc) is 3.51. The van der Waals surface area contributed by atoms with Gasteiger partial charge in [-0.2, -0.15) is 0 Å². The van der Waals surface area contributed by atoms with Crippen LogP contribution in [-0.2, 0) is 23.2 Å². The molecule has 3 aromatic rings. The molecular formula is C29H32N4O2S. The first-order valence-corrected chi connectivity index (χ1v) is 13.1. The molecule has 1 aromatic heterocycles. The molecule has 7 heteroatoms. The molecule has 2 heterocycles. The van der Waals surface area contributed by atoms with Crippen LogP contribution in [0.5, 0.6) is 0 Å². The van der Waals surface area contributed by atoms with Gasteiger partial charge in [-0.05, 0) is 48.6 Å². The van der Waals surface area contributed by atoms with E-state index in [1.54, 1.807) is 11.0 Å². The molecule has 1 fully saturated rings. The predicted octanol–water partition coefficient (Wildman–Crippen LogP) is 4.99. The van der Waals surface area contributed by atoms with Gasteiger partial charge in [-0.3, -0.25) is 9.59 Å². The Labute approximate surface area is 217 Å². The van der Waals surface area contributed by atoms with E-state index < -0.39 is 6.04 Å². The fourth-order valence-electron chi connectivity index (χ4n) is 4.37. The minimum absolute atomic E-state index is 0.0347. The molecule has 0 radical (unpaired) electrons. The van der Waals surface area contributed by atoms with E-state index in [0.29, 0.717) is 19.5 Å². The number of likely N-dealkylation sites (tertiary alicyclic amines) is 1. The molecule has 0 spiro atoms. The van der Waals surface area contributed by atoms with Gasteiger partial charge < -0.3 is 14.8 Å². The lowest BCUT2D eigenvalue weighted by atomic mass is 10.0. The van der Waals surface area contributed by atoms with Crippen molar-refractivity contribution in [1.82, 2.24) is 19.8 Å². The molecule has 0 aliphatic carbocycles. The summed E-state index contributed by atoms with van der Waals surface area (Å²) in [4.78, 5) is 32.4. The van der Waals surface area contributed by atoms with Gasteiger partial charge in [0, 0.05) is 25.8 Å². The molecule has 1 aliphatic heterocycles. The smallest absolute Gasteiger partial charge is 0.243 e. The van der Waals surface area contributed by atoms with Gasteiger partial charge >= 0.3 is 0 Å². The van der Waals surface area contributed by atoms with E-state index in [-0.39, 0.29) is 17.6 Å². The summed E-state index contributed by atoms with van der Waals surface area (Å²) in [5.41, 5.74) is 5.18. The van der Waals surface area contributed by atoms with Crippen LogP contribution in [0.3, 0.4) is 0 Å². The highest BCUT2D eigenvalue weighted by atomic mass is 32.2. The maximum absolute atomic E-state index is 13.0. The molecule has 36 heavy (non-hydrogen) atoms. The quantitative estimate of drug-likeness (QED) is 0.332. The van der Waals surface area contributed by atoms with Crippen molar-refractivity contribution in [2.24, 2.45) is 7.05 Å². The maximum Gasteiger partial charge on any atom is 0.243 e. The second-order valence-electron chi connectivity index (χ2n) is 8.84. The lowest BCUT2D eigenvalue weighted by Crippen LogP contribution is -2.46. The highest BCUT2D eigenvalue weighted by Crippen LogP contribution is 2.24. The van der Waals surface area contributed by atoms with Gasteiger partial charge in [0.2, 0.25) is 11.8 Å². The molecule has 1 saturated heterocycles. The fraction of sp³-hybridized carbons (Fsp3) is 0.276. The zero-order valence-electron chi connectivity index (χ0n) is 20.8. The molecule has 0 bridgehead atoms. The predicted molar refractivity (Wildman–Crippen MR) is 146 cm³/mol. The van der Waals surface area contributed by atoms with Gasteiger partial charge in [0.15, 0.2) is 5.16 Å². The zero-order chi connectivity index (χ0) is 25.5. The largest absolute Gasteiger partial charge is 0.350 e. The summed E-state index contributed by atoms with van der Waals surface area (Å²) in [6.45, 7) is 6.73. The Hall–Kier alpha value is -3.58. The summed E-state index contributed by atoms with van der Waals surface area (Å²) in [5.74, 6) is 0.117. The van der Waals surface area contributed by atoms with E-state index >= 15 is 0 Å².